The molecule has 1 atom stereocenters. The van der Waals surface area contributed by atoms with E-state index in [-0.39, 0.29) is 11.9 Å². The van der Waals surface area contributed by atoms with Gasteiger partial charge in [0.1, 0.15) is 11.5 Å². The summed E-state index contributed by atoms with van der Waals surface area (Å²) < 4.78 is 10.6. The topological polar surface area (TPSA) is 35.5 Å². The Hall–Kier alpha value is -2.29. The number of fused-ring (bicyclic) bond motifs is 1. The van der Waals surface area contributed by atoms with E-state index in [1.54, 1.807) is 13.2 Å². The smallest absolute Gasteiger partial charge is 0.312 e. The van der Waals surface area contributed by atoms with E-state index in [1.807, 2.05) is 24.3 Å². The van der Waals surface area contributed by atoms with Gasteiger partial charge in [-0.2, -0.15) is 0 Å². The number of carbonyl (C=O) groups is 1. The highest BCUT2D eigenvalue weighted by molar-refractivity contribution is 5.78. The van der Waals surface area contributed by atoms with Crippen LogP contribution in [0.25, 0.3) is 0 Å². The van der Waals surface area contributed by atoms with E-state index >= 15 is 0 Å². The van der Waals surface area contributed by atoms with Gasteiger partial charge in [0.2, 0.25) is 0 Å². The fraction of sp³-hybridized carbons (Fsp3) is 0.235. The number of benzene rings is 2. The predicted molar refractivity (Wildman–Crippen MR) is 76.3 cm³/mol. The Morgan fingerprint density at radius 3 is 2.70 bits per heavy atom. The van der Waals surface area contributed by atoms with Crippen molar-refractivity contribution in [3.05, 3.63) is 59.2 Å². The molecule has 0 saturated carbocycles. The lowest BCUT2D eigenvalue weighted by molar-refractivity contribution is -0.135. The van der Waals surface area contributed by atoms with Gasteiger partial charge in [-0.15, -0.1) is 0 Å². The molecule has 1 aliphatic rings. The molecule has 0 aliphatic carbocycles. The van der Waals surface area contributed by atoms with Crippen LogP contribution >= 0.6 is 0 Å². The highest BCUT2D eigenvalue weighted by Gasteiger charge is 2.29. The number of ether oxygens (including phenoxy) is 2. The molecule has 20 heavy (non-hydrogen) atoms. The number of methoxy groups -OCH3 is 1. The van der Waals surface area contributed by atoms with Gasteiger partial charge >= 0.3 is 5.97 Å². The predicted octanol–water partition coefficient (Wildman–Crippen LogP) is 3.44. The summed E-state index contributed by atoms with van der Waals surface area (Å²) in [6.07, 6.45) is 0.366. The van der Waals surface area contributed by atoms with Crippen LogP contribution in [0.1, 0.15) is 29.0 Å². The summed E-state index contributed by atoms with van der Waals surface area (Å²) in [7, 11) is 1.64. The van der Waals surface area contributed by atoms with Gasteiger partial charge in [-0.25, -0.2) is 0 Å². The summed E-state index contributed by atoms with van der Waals surface area (Å²) in [6.45, 7) is 2.06. The second-order valence-electron chi connectivity index (χ2n) is 4.99. The minimum atomic E-state index is -0.184. The van der Waals surface area contributed by atoms with Gasteiger partial charge in [-0.05, 0) is 36.2 Å². The van der Waals surface area contributed by atoms with Gasteiger partial charge in [0, 0.05) is 11.5 Å². The maximum Gasteiger partial charge on any atom is 0.312 e. The summed E-state index contributed by atoms with van der Waals surface area (Å²) in [5.74, 6) is 1.26. The molecule has 1 heterocycles. The second-order valence-corrected chi connectivity index (χ2v) is 4.99. The third-order valence-corrected chi connectivity index (χ3v) is 3.75. The second kappa shape index (κ2) is 5.00. The molecular weight excluding hydrogens is 252 g/mol. The quantitative estimate of drug-likeness (QED) is 0.618. The Morgan fingerprint density at radius 1 is 1.15 bits per heavy atom. The summed E-state index contributed by atoms with van der Waals surface area (Å²) >= 11 is 0. The van der Waals surface area contributed by atoms with E-state index in [1.165, 1.54) is 11.1 Å². The van der Waals surface area contributed by atoms with Crippen molar-refractivity contribution in [1.29, 1.82) is 0 Å². The monoisotopic (exact) mass is 268 g/mol. The Bertz CT molecular complexity index is 661. The maximum absolute atomic E-state index is 11.8. The molecule has 0 N–H and O–H groups in total. The lowest BCUT2D eigenvalue weighted by Crippen LogP contribution is -2.21. The van der Waals surface area contributed by atoms with Gasteiger partial charge in [-0.1, -0.05) is 24.3 Å². The zero-order valence-electron chi connectivity index (χ0n) is 11.6. The molecule has 0 aromatic heterocycles. The van der Waals surface area contributed by atoms with Gasteiger partial charge in [0.05, 0.1) is 13.5 Å². The summed E-state index contributed by atoms with van der Waals surface area (Å²) in [4.78, 5) is 11.8. The fourth-order valence-corrected chi connectivity index (χ4v) is 2.71. The molecule has 0 radical (unpaired) electrons. The van der Waals surface area contributed by atoms with E-state index < -0.39 is 0 Å². The van der Waals surface area contributed by atoms with E-state index in [4.69, 9.17) is 9.47 Å². The van der Waals surface area contributed by atoms with Crippen molar-refractivity contribution in [3.63, 3.8) is 0 Å². The van der Waals surface area contributed by atoms with E-state index in [9.17, 15) is 4.79 Å². The molecule has 0 saturated heterocycles. The Labute approximate surface area is 118 Å². The molecule has 3 nitrogen and oxygen atoms in total. The van der Waals surface area contributed by atoms with Crippen LogP contribution in [0.2, 0.25) is 0 Å². The largest absolute Gasteiger partial charge is 0.497 e. The van der Waals surface area contributed by atoms with Gasteiger partial charge in [0.25, 0.3) is 0 Å². The molecule has 2 aromatic rings. The number of hydrogen-bond donors (Lipinski definition) is 0. The van der Waals surface area contributed by atoms with Crippen LogP contribution in [0.3, 0.4) is 0 Å². The van der Waals surface area contributed by atoms with E-state index in [2.05, 4.69) is 19.1 Å². The van der Waals surface area contributed by atoms with Gasteiger partial charge in [-0.3, -0.25) is 4.79 Å². The Morgan fingerprint density at radius 2 is 1.95 bits per heavy atom. The van der Waals surface area contributed by atoms with Crippen LogP contribution in [-0.4, -0.2) is 13.1 Å². The highest BCUT2D eigenvalue weighted by atomic mass is 16.5. The average molecular weight is 268 g/mol. The maximum atomic E-state index is 11.8. The number of esters is 1. The minimum absolute atomic E-state index is 0.0301. The number of hydrogen-bond acceptors (Lipinski definition) is 3. The van der Waals surface area contributed by atoms with Crippen molar-refractivity contribution in [1.82, 2.24) is 0 Å². The van der Waals surface area contributed by atoms with Crippen LogP contribution in [0, 0.1) is 6.92 Å². The number of carbonyl (C=O) groups excluding carboxylic acids is 1. The zero-order chi connectivity index (χ0) is 14.1. The zero-order valence-corrected chi connectivity index (χ0v) is 11.6. The standard InChI is InChI=1S/C17H16O3/c1-11-5-3-4-6-13(11)14-10-17(18)20-16-8-7-12(19-2)9-15(14)16/h3-9,14H,10H2,1-2H3/t14-/m1/s1. The third kappa shape index (κ3) is 2.16. The summed E-state index contributed by atoms with van der Waals surface area (Å²) in [5, 5.41) is 0. The first-order valence-electron chi connectivity index (χ1n) is 6.63. The Kier molecular flexibility index (Phi) is 3.18. The molecule has 3 rings (SSSR count). The van der Waals surface area contributed by atoms with Crippen LogP contribution in [0.15, 0.2) is 42.5 Å². The molecule has 0 unspecified atom stereocenters. The molecule has 0 amide bonds. The van der Waals surface area contributed by atoms with Crippen LogP contribution < -0.4 is 9.47 Å². The van der Waals surface area contributed by atoms with Crippen molar-refractivity contribution < 1.29 is 14.3 Å². The van der Waals surface area contributed by atoms with E-state index in [0.717, 1.165) is 11.3 Å². The molecule has 2 aromatic carbocycles. The van der Waals surface area contributed by atoms with Crippen molar-refractivity contribution in [3.8, 4) is 11.5 Å². The summed E-state index contributed by atoms with van der Waals surface area (Å²) in [6, 6.07) is 13.7. The minimum Gasteiger partial charge on any atom is -0.497 e. The SMILES string of the molecule is COc1ccc2c(c1)[C@@H](c1ccccc1C)CC(=O)O2. The first kappa shape index (κ1) is 12.7. The average Bonchev–Trinajstić information content (AvgIpc) is 2.46. The van der Waals surface area contributed by atoms with Crippen LogP contribution in [-0.2, 0) is 4.79 Å². The number of rotatable bonds is 2. The lowest BCUT2D eigenvalue weighted by Gasteiger charge is -2.26. The normalized spacial score (nSPS) is 17.3. The molecular formula is C17H16O3. The molecule has 0 bridgehead atoms. The first-order valence-corrected chi connectivity index (χ1v) is 6.63. The fourth-order valence-electron chi connectivity index (χ4n) is 2.71. The third-order valence-electron chi connectivity index (χ3n) is 3.75. The molecule has 0 spiro atoms. The van der Waals surface area contributed by atoms with Crippen LogP contribution in [0.4, 0.5) is 0 Å². The molecule has 3 heteroatoms. The van der Waals surface area contributed by atoms with E-state index in [0.29, 0.717) is 12.2 Å². The summed E-state index contributed by atoms with van der Waals surface area (Å²) in [5.41, 5.74) is 3.36. The molecule has 0 fully saturated rings. The Balaban J connectivity index is 2.14. The van der Waals surface area contributed by atoms with Crippen molar-refractivity contribution >= 4 is 5.97 Å². The van der Waals surface area contributed by atoms with Crippen molar-refractivity contribution in [2.24, 2.45) is 0 Å². The first-order chi connectivity index (χ1) is 9.69. The molecule has 102 valence electrons. The van der Waals surface area contributed by atoms with Gasteiger partial charge in [0.15, 0.2) is 0 Å². The lowest BCUT2D eigenvalue weighted by atomic mass is 9.84. The molecule has 1 aliphatic heterocycles. The highest BCUT2D eigenvalue weighted by Crippen LogP contribution is 2.41. The van der Waals surface area contributed by atoms with Gasteiger partial charge < -0.3 is 9.47 Å². The van der Waals surface area contributed by atoms with Crippen LogP contribution in [0.5, 0.6) is 11.5 Å². The number of aryl methyl sites for hydroxylation is 1. The van der Waals surface area contributed by atoms with Crippen molar-refractivity contribution in [2.45, 2.75) is 19.3 Å². The van der Waals surface area contributed by atoms with Crippen molar-refractivity contribution in [2.75, 3.05) is 7.11 Å².